The lowest BCUT2D eigenvalue weighted by atomic mass is 9.58. The van der Waals surface area contributed by atoms with Crippen LogP contribution in [0.25, 0.3) is 0 Å². The second-order valence-corrected chi connectivity index (χ2v) is 9.71. The van der Waals surface area contributed by atoms with Crippen molar-refractivity contribution in [2.45, 2.75) is 70.4 Å². The van der Waals surface area contributed by atoms with E-state index < -0.39 is 17.7 Å². The molecule has 8 atom stereocenters. The van der Waals surface area contributed by atoms with E-state index in [1.165, 1.54) is 6.42 Å². The van der Waals surface area contributed by atoms with E-state index in [2.05, 4.69) is 13.8 Å². The van der Waals surface area contributed by atoms with Gasteiger partial charge in [0.1, 0.15) is 0 Å². The third kappa shape index (κ3) is 5.01. The zero-order chi connectivity index (χ0) is 22.6. The maximum atomic E-state index is 8.64. The van der Waals surface area contributed by atoms with E-state index in [1.54, 1.807) is 0 Å². The first-order valence-corrected chi connectivity index (χ1v) is 12.2. The molecule has 4 saturated heterocycles. The predicted octanol–water partition coefficient (Wildman–Crippen LogP) is 2.25. The molecule has 0 aromatic heterocycles. The van der Waals surface area contributed by atoms with Crippen molar-refractivity contribution in [3.8, 4) is 0 Å². The molecular formula is C23H40O9. The summed E-state index contributed by atoms with van der Waals surface area (Å²) in [5.74, 6) is 0.563. The second kappa shape index (κ2) is 10.9. The fourth-order valence-corrected chi connectivity index (χ4v) is 5.89. The van der Waals surface area contributed by atoms with E-state index in [-0.39, 0.29) is 24.7 Å². The minimum atomic E-state index is -0.769. The maximum absolute atomic E-state index is 8.64. The van der Waals surface area contributed by atoms with Gasteiger partial charge in [-0.1, -0.05) is 13.8 Å². The van der Waals surface area contributed by atoms with Crippen LogP contribution in [0.15, 0.2) is 0 Å². The van der Waals surface area contributed by atoms with E-state index in [0.717, 1.165) is 19.3 Å². The van der Waals surface area contributed by atoms with Crippen LogP contribution < -0.4 is 0 Å². The highest BCUT2D eigenvalue weighted by atomic mass is 17.3. The Morgan fingerprint density at radius 2 is 1.53 bits per heavy atom. The highest BCUT2D eigenvalue weighted by Gasteiger charge is 2.69. The molecule has 0 aromatic carbocycles. The largest absolute Gasteiger partial charge is 0.394 e. The Morgan fingerprint density at radius 3 is 2.25 bits per heavy atom. The SMILES string of the molecule is C[C@H]1[C@@H](OCCOCCOCCOCCO)O[C@@H]2O[C@@]3(C)CC[C@H]4[C@H](C)CC[C@@H]1[C@@]24OO3. The fourth-order valence-electron chi connectivity index (χ4n) is 5.89. The molecule has 5 aliphatic rings. The second-order valence-electron chi connectivity index (χ2n) is 9.71. The van der Waals surface area contributed by atoms with Gasteiger partial charge in [-0.05, 0) is 38.0 Å². The van der Waals surface area contributed by atoms with Gasteiger partial charge in [0.25, 0.3) is 0 Å². The highest BCUT2D eigenvalue weighted by Crippen LogP contribution is 2.60. The number of aliphatic hydroxyl groups is 1. The average Bonchev–Trinajstić information content (AvgIpc) is 3.01. The Kier molecular flexibility index (Phi) is 8.45. The summed E-state index contributed by atoms with van der Waals surface area (Å²) in [5, 5.41) is 8.64. The number of fused-ring (bicyclic) bond motifs is 2. The number of aliphatic hydroxyl groups excluding tert-OH is 1. The lowest BCUT2D eigenvalue weighted by molar-refractivity contribution is -0.577. The van der Waals surface area contributed by atoms with Gasteiger partial charge in [0.05, 0.1) is 52.9 Å². The fraction of sp³-hybridized carbons (Fsp3) is 1.00. The molecule has 0 amide bonds. The van der Waals surface area contributed by atoms with Gasteiger partial charge in [-0.25, -0.2) is 9.78 Å². The van der Waals surface area contributed by atoms with Crippen molar-refractivity contribution in [3.05, 3.63) is 0 Å². The van der Waals surface area contributed by atoms with Gasteiger partial charge >= 0.3 is 0 Å². The number of ether oxygens (including phenoxy) is 6. The number of hydrogen-bond donors (Lipinski definition) is 1. The predicted molar refractivity (Wildman–Crippen MR) is 112 cm³/mol. The maximum Gasteiger partial charge on any atom is 0.201 e. The van der Waals surface area contributed by atoms with Crippen LogP contribution in [0.3, 0.4) is 0 Å². The highest BCUT2D eigenvalue weighted by molar-refractivity contribution is 5.09. The minimum absolute atomic E-state index is 0.0286. The lowest BCUT2D eigenvalue weighted by Gasteiger charge is -2.60. The molecule has 0 aromatic rings. The normalized spacial score (nSPS) is 43.1. The van der Waals surface area contributed by atoms with Crippen LogP contribution in [0, 0.1) is 23.7 Å². The van der Waals surface area contributed by atoms with Gasteiger partial charge in [-0.15, -0.1) is 0 Å². The molecule has 9 nitrogen and oxygen atoms in total. The van der Waals surface area contributed by atoms with Crippen LogP contribution in [0.4, 0.5) is 0 Å². The monoisotopic (exact) mass is 460 g/mol. The van der Waals surface area contributed by atoms with E-state index in [9.17, 15) is 0 Å². The van der Waals surface area contributed by atoms with Crippen LogP contribution in [0.5, 0.6) is 0 Å². The Morgan fingerprint density at radius 1 is 0.844 bits per heavy atom. The Balaban J connectivity index is 1.23. The summed E-state index contributed by atoms with van der Waals surface area (Å²) in [6.07, 6.45) is 3.22. The summed E-state index contributed by atoms with van der Waals surface area (Å²) < 4.78 is 35.0. The molecule has 4 heterocycles. The minimum Gasteiger partial charge on any atom is -0.394 e. The summed E-state index contributed by atoms with van der Waals surface area (Å²) in [7, 11) is 0. The molecule has 0 radical (unpaired) electrons. The molecule has 186 valence electrons. The molecule has 4 aliphatic heterocycles. The van der Waals surface area contributed by atoms with Gasteiger partial charge in [0.15, 0.2) is 18.2 Å². The van der Waals surface area contributed by atoms with Crippen molar-refractivity contribution in [3.63, 3.8) is 0 Å². The van der Waals surface area contributed by atoms with Crippen molar-refractivity contribution in [1.29, 1.82) is 0 Å². The number of hydrogen-bond acceptors (Lipinski definition) is 9. The van der Waals surface area contributed by atoms with Crippen molar-refractivity contribution in [2.75, 3.05) is 52.9 Å². The van der Waals surface area contributed by atoms with Gasteiger partial charge in [0.2, 0.25) is 5.79 Å². The van der Waals surface area contributed by atoms with E-state index >= 15 is 0 Å². The first-order chi connectivity index (χ1) is 15.5. The Labute approximate surface area is 190 Å². The van der Waals surface area contributed by atoms with Crippen molar-refractivity contribution in [2.24, 2.45) is 23.7 Å². The zero-order valence-corrected chi connectivity index (χ0v) is 19.7. The molecule has 1 saturated carbocycles. The van der Waals surface area contributed by atoms with E-state index in [0.29, 0.717) is 58.1 Å². The van der Waals surface area contributed by atoms with Gasteiger partial charge in [-0.3, -0.25) is 0 Å². The molecule has 0 unspecified atom stereocenters. The average molecular weight is 461 g/mol. The molecular weight excluding hydrogens is 420 g/mol. The molecule has 32 heavy (non-hydrogen) atoms. The molecule has 2 bridgehead atoms. The summed E-state index contributed by atoms with van der Waals surface area (Å²) in [4.78, 5) is 12.0. The van der Waals surface area contributed by atoms with Crippen LogP contribution in [0.2, 0.25) is 0 Å². The molecule has 5 rings (SSSR count). The lowest BCUT2D eigenvalue weighted by Crippen LogP contribution is -2.70. The van der Waals surface area contributed by atoms with E-state index in [4.69, 9.17) is 43.3 Å². The standard InChI is InChI=1S/C23H40O9/c1-16-4-5-19-17(2)20(28-15-14-27-13-12-26-11-10-25-9-8-24)29-21-23(19)18(16)6-7-22(3,30-21)31-32-23/h16-21,24H,4-15H2,1-3H3/t16-,17-,18+,19+,20+,21-,22-,23-/m1/s1. The molecule has 9 heteroatoms. The van der Waals surface area contributed by atoms with Crippen molar-refractivity contribution < 1.29 is 43.3 Å². The van der Waals surface area contributed by atoms with Crippen LogP contribution in [-0.2, 0) is 38.2 Å². The van der Waals surface area contributed by atoms with Crippen LogP contribution in [-0.4, -0.2) is 81.9 Å². The van der Waals surface area contributed by atoms with E-state index in [1.807, 2.05) is 6.92 Å². The van der Waals surface area contributed by atoms with Crippen LogP contribution >= 0.6 is 0 Å². The summed E-state index contributed by atoms with van der Waals surface area (Å²) in [5.41, 5.74) is -0.554. The Bertz CT molecular complexity index is 592. The third-order valence-corrected chi connectivity index (χ3v) is 7.59. The molecule has 1 aliphatic carbocycles. The quantitative estimate of drug-likeness (QED) is 0.348. The van der Waals surface area contributed by atoms with Gasteiger partial charge < -0.3 is 33.5 Å². The zero-order valence-electron chi connectivity index (χ0n) is 19.7. The summed E-state index contributed by atoms with van der Waals surface area (Å²) >= 11 is 0. The molecule has 1 N–H and O–H groups in total. The first kappa shape index (κ1) is 24.8. The summed E-state index contributed by atoms with van der Waals surface area (Å²) in [6, 6.07) is 0. The van der Waals surface area contributed by atoms with Crippen molar-refractivity contribution in [1.82, 2.24) is 0 Å². The summed E-state index contributed by atoms with van der Waals surface area (Å²) in [6.45, 7) is 9.65. The van der Waals surface area contributed by atoms with Crippen molar-refractivity contribution >= 4 is 0 Å². The number of rotatable bonds is 12. The van der Waals surface area contributed by atoms with Crippen LogP contribution in [0.1, 0.15) is 46.5 Å². The van der Waals surface area contributed by atoms with Gasteiger partial charge in [-0.2, -0.15) is 0 Å². The topological polar surface area (TPSA) is 94.1 Å². The first-order valence-electron chi connectivity index (χ1n) is 12.2. The van der Waals surface area contributed by atoms with Gasteiger partial charge in [0, 0.05) is 18.3 Å². The third-order valence-electron chi connectivity index (χ3n) is 7.59. The smallest absolute Gasteiger partial charge is 0.201 e. The molecule has 1 spiro atoms. The molecule has 5 fully saturated rings. The Hall–Kier alpha value is -0.360.